The van der Waals surface area contributed by atoms with Crippen molar-refractivity contribution in [2.45, 2.75) is 4.90 Å². The standard InChI is InChI=1S/C8H8Br2FNO3S/c9-6-3-5(16(12,13)14)4-7(10)8(6)15-2-1-11/h3-4H,1-2H2,(H2,12,13,14). The van der Waals surface area contributed by atoms with Crippen LogP contribution in [0.2, 0.25) is 0 Å². The third-order valence-electron chi connectivity index (χ3n) is 1.62. The number of sulfonamides is 1. The van der Waals surface area contributed by atoms with Gasteiger partial charge in [0.15, 0.2) is 0 Å². The fraction of sp³-hybridized carbons (Fsp3) is 0.250. The van der Waals surface area contributed by atoms with Crippen molar-refractivity contribution in [3.05, 3.63) is 21.1 Å². The summed E-state index contributed by atoms with van der Waals surface area (Å²) in [5.74, 6) is 0.338. The van der Waals surface area contributed by atoms with Crippen LogP contribution < -0.4 is 9.88 Å². The zero-order chi connectivity index (χ0) is 12.3. The Morgan fingerprint density at radius 1 is 1.31 bits per heavy atom. The summed E-state index contributed by atoms with van der Waals surface area (Å²) in [5, 5.41) is 4.97. The summed E-state index contributed by atoms with van der Waals surface area (Å²) in [5.41, 5.74) is 0. The monoisotopic (exact) mass is 375 g/mol. The van der Waals surface area contributed by atoms with Gasteiger partial charge in [-0.2, -0.15) is 0 Å². The van der Waals surface area contributed by atoms with Gasteiger partial charge in [0.05, 0.1) is 13.8 Å². The molecular formula is C8H8Br2FNO3S. The third kappa shape index (κ3) is 3.41. The first kappa shape index (κ1) is 13.9. The van der Waals surface area contributed by atoms with Crippen LogP contribution in [0.25, 0.3) is 0 Å². The molecule has 8 heteroatoms. The van der Waals surface area contributed by atoms with E-state index < -0.39 is 16.7 Å². The number of hydrogen-bond acceptors (Lipinski definition) is 3. The Balaban J connectivity index is 3.18. The Morgan fingerprint density at radius 2 is 1.81 bits per heavy atom. The fourth-order valence-corrected chi connectivity index (χ4v) is 3.26. The van der Waals surface area contributed by atoms with Gasteiger partial charge in [-0.3, -0.25) is 0 Å². The molecule has 0 heterocycles. The number of alkyl halides is 1. The van der Waals surface area contributed by atoms with Crippen LogP contribution in [-0.2, 0) is 10.0 Å². The summed E-state index contributed by atoms with van der Waals surface area (Å²) in [6.07, 6.45) is 0. The highest BCUT2D eigenvalue weighted by molar-refractivity contribution is 9.11. The molecule has 0 bridgehead atoms. The summed E-state index contributed by atoms with van der Waals surface area (Å²) >= 11 is 6.25. The van der Waals surface area contributed by atoms with E-state index in [2.05, 4.69) is 31.9 Å². The number of ether oxygens (including phenoxy) is 1. The van der Waals surface area contributed by atoms with E-state index in [0.29, 0.717) is 14.7 Å². The Morgan fingerprint density at radius 3 is 2.19 bits per heavy atom. The molecule has 0 aliphatic rings. The maximum absolute atomic E-state index is 11.9. The SMILES string of the molecule is NS(=O)(=O)c1cc(Br)c(OCCF)c(Br)c1. The average molecular weight is 377 g/mol. The third-order valence-corrected chi connectivity index (χ3v) is 3.69. The predicted octanol–water partition coefficient (Wildman–Crippen LogP) is 2.21. The Bertz CT molecular complexity index is 469. The van der Waals surface area contributed by atoms with E-state index in [9.17, 15) is 12.8 Å². The number of halogens is 3. The average Bonchev–Trinajstić information content (AvgIpc) is 2.15. The molecular weight excluding hydrogens is 369 g/mol. The van der Waals surface area contributed by atoms with Crippen molar-refractivity contribution in [1.29, 1.82) is 0 Å². The fourth-order valence-electron chi connectivity index (χ4n) is 0.979. The van der Waals surface area contributed by atoms with Gasteiger partial charge in [0.2, 0.25) is 10.0 Å². The molecule has 1 rings (SSSR count). The van der Waals surface area contributed by atoms with E-state index in [1.807, 2.05) is 0 Å². The second-order valence-corrected chi connectivity index (χ2v) is 6.07. The minimum Gasteiger partial charge on any atom is -0.488 e. The van der Waals surface area contributed by atoms with Crippen LogP contribution in [0.3, 0.4) is 0 Å². The number of hydrogen-bond donors (Lipinski definition) is 1. The van der Waals surface area contributed by atoms with Crippen LogP contribution in [0.5, 0.6) is 5.75 Å². The highest BCUT2D eigenvalue weighted by atomic mass is 79.9. The van der Waals surface area contributed by atoms with Gasteiger partial charge in [-0.1, -0.05) is 0 Å². The molecule has 0 saturated carbocycles. The molecule has 0 radical (unpaired) electrons. The zero-order valence-electron chi connectivity index (χ0n) is 7.91. The summed E-state index contributed by atoms with van der Waals surface area (Å²) in [6, 6.07) is 2.60. The van der Waals surface area contributed by atoms with Crippen LogP contribution in [0, 0.1) is 0 Å². The first-order chi connectivity index (χ1) is 7.36. The number of benzene rings is 1. The van der Waals surface area contributed by atoms with Crippen molar-refractivity contribution in [3.8, 4) is 5.75 Å². The molecule has 0 aliphatic heterocycles. The summed E-state index contributed by atoms with van der Waals surface area (Å²) in [6.45, 7) is -0.734. The highest BCUT2D eigenvalue weighted by Gasteiger charge is 2.15. The first-order valence-electron chi connectivity index (χ1n) is 4.07. The Hall–Kier alpha value is -0.180. The number of rotatable bonds is 4. The maximum atomic E-state index is 11.9. The van der Waals surface area contributed by atoms with Crippen molar-refractivity contribution < 1.29 is 17.5 Å². The van der Waals surface area contributed by atoms with Gasteiger partial charge >= 0.3 is 0 Å². The number of primary sulfonamides is 1. The maximum Gasteiger partial charge on any atom is 0.238 e. The molecule has 0 saturated heterocycles. The molecule has 4 nitrogen and oxygen atoms in total. The van der Waals surface area contributed by atoms with E-state index in [-0.39, 0.29) is 11.5 Å². The summed E-state index contributed by atoms with van der Waals surface area (Å²) in [4.78, 5) is -0.0566. The Labute approximate surface area is 109 Å². The molecule has 2 N–H and O–H groups in total. The lowest BCUT2D eigenvalue weighted by molar-refractivity contribution is 0.270. The molecule has 0 fully saturated rings. The van der Waals surface area contributed by atoms with Crippen molar-refractivity contribution in [2.24, 2.45) is 5.14 Å². The van der Waals surface area contributed by atoms with Crippen molar-refractivity contribution >= 4 is 41.9 Å². The van der Waals surface area contributed by atoms with Gasteiger partial charge < -0.3 is 4.74 Å². The topological polar surface area (TPSA) is 69.4 Å². The zero-order valence-corrected chi connectivity index (χ0v) is 11.9. The molecule has 1 aromatic rings. The van der Waals surface area contributed by atoms with Gasteiger partial charge in [-0.15, -0.1) is 0 Å². The first-order valence-corrected chi connectivity index (χ1v) is 7.20. The molecule has 0 aliphatic carbocycles. The van der Waals surface area contributed by atoms with Crippen LogP contribution in [0.4, 0.5) is 4.39 Å². The van der Waals surface area contributed by atoms with Gasteiger partial charge in [0, 0.05) is 0 Å². The minimum atomic E-state index is -3.77. The van der Waals surface area contributed by atoms with Crippen molar-refractivity contribution in [2.75, 3.05) is 13.3 Å². The molecule has 0 atom stereocenters. The molecule has 16 heavy (non-hydrogen) atoms. The summed E-state index contributed by atoms with van der Waals surface area (Å²) in [7, 11) is -3.77. The van der Waals surface area contributed by atoms with Crippen LogP contribution in [-0.4, -0.2) is 21.7 Å². The number of nitrogens with two attached hydrogens (primary N) is 1. The Kier molecular flexibility index (Phi) is 4.72. The lowest BCUT2D eigenvalue weighted by Gasteiger charge is -2.10. The second kappa shape index (κ2) is 5.44. The van der Waals surface area contributed by atoms with Crippen LogP contribution >= 0.6 is 31.9 Å². The quantitative estimate of drug-likeness (QED) is 0.875. The molecule has 0 unspecified atom stereocenters. The van der Waals surface area contributed by atoms with E-state index >= 15 is 0 Å². The van der Waals surface area contributed by atoms with Crippen LogP contribution in [0.1, 0.15) is 0 Å². The van der Waals surface area contributed by atoms with Crippen LogP contribution in [0.15, 0.2) is 26.0 Å². The lowest BCUT2D eigenvalue weighted by Crippen LogP contribution is -2.12. The van der Waals surface area contributed by atoms with Gasteiger partial charge in [0.25, 0.3) is 0 Å². The molecule has 1 aromatic carbocycles. The highest BCUT2D eigenvalue weighted by Crippen LogP contribution is 2.35. The van der Waals surface area contributed by atoms with Gasteiger partial charge in [-0.25, -0.2) is 17.9 Å². The minimum absolute atomic E-state index is 0.0566. The second-order valence-electron chi connectivity index (χ2n) is 2.80. The van der Waals surface area contributed by atoms with Crippen molar-refractivity contribution in [3.63, 3.8) is 0 Å². The van der Waals surface area contributed by atoms with E-state index in [1.54, 1.807) is 0 Å². The van der Waals surface area contributed by atoms with E-state index in [1.165, 1.54) is 12.1 Å². The smallest absolute Gasteiger partial charge is 0.238 e. The molecule has 90 valence electrons. The van der Waals surface area contributed by atoms with E-state index in [4.69, 9.17) is 9.88 Å². The van der Waals surface area contributed by atoms with E-state index in [0.717, 1.165) is 0 Å². The largest absolute Gasteiger partial charge is 0.488 e. The normalized spacial score (nSPS) is 11.5. The molecule has 0 aromatic heterocycles. The summed E-state index contributed by atoms with van der Waals surface area (Å²) < 4.78 is 40.0. The molecule has 0 spiro atoms. The molecule has 0 amide bonds. The lowest BCUT2D eigenvalue weighted by atomic mass is 10.3. The van der Waals surface area contributed by atoms with Gasteiger partial charge in [0.1, 0.15) is 19.0 Å². The van der Waals surface area contributed by atoms with Crippen molar-refractivity contribution in [1.82, 2.24) is 0 Å². The van der Waals surface area contributed by atoms with Gasteiger partial charge in [-0.05, 0) is 44.0 Å². The predicted molar refractivity (Wildman–Crippen MR) is 64.7 cm³/mol.